The Morgan fingerprint density at radius 3 is 3.12 bits per heavy atom. The van der Waals surface area contributed by atoms with Crippen molar-refractivity contribution < 1.29 is 4.79 Å². The third kappa shape index (κ3) is 3.40. The van der Waals surface area contributed by atoms with Gasteiger partial charge < -0.3 is 4.90 Å². The maximum Gasteiger partial charge on any atom is 0.219 e. The first kappa shape index (κ1) is 12.3. The zero-order valence-corrected chi connectivity index (χ0v) is 10.7. The van der Waals surface area contributed by atoms with Crippen molar-refractivity contribution in [1.82, 2.24) is 14.9 Å². The zero-order chi connectivity index (χ0) is 12.3. The van der Waals surface area contributed by atoms with Crippen LogP contribution in [-0.2, 0) is 11.2 Å². The lowest BCUT2D eigenvalue weighted by Crippen LogP contribution is -2.39. The summed E-state index contributed by atoms with van der Waals surface area (Å²) >= 11 is 5.80. The summed E-state index contributed by atoms with van der Waals surface area (Å²) in [7, 11) is 0. The maximum absolute atomic E-state index is 11.3. The third-order valence-electron chi connectivity index (χ3n) is 3.12. The SMILES string of the molecule is CC(=O)N1CCC[C@H](Cc2cncc(Cl)n2)C1. The Labute approximate surface area is 106 Å². The minimum atomic E-state index is 0.159. The van der Waals surface area contributed by atoms with Gasteiger partial charge in [0, 0.05) is 26.2 Å². The van der Waals surface area contributed by atoms with Gasteiger partial charge in [-0.15, -0.1) is 0 Å². The van der Waals surface area contributed by atoms with Crippen LogP contribution in [0.1, 0.15) is 25.5 Å². The van der Waals surface area contributed by atoms with Crippen molar-refractivity contribution in [3.05, 3.63) is 23.2 Å². The van der Waals surface area contributed by atoms with E-state index in [2.05, 4.69) is 9.97 Å². The highest BCUT2D eigenvalue weighted by Gasteiger charge is 2.22. The summed E-state index contributed by atoms with van der Waals surface area (Å²) in [5.74, 6) is 0.632. The van der Waals surface area contributed by atoms with E-state index in [0.29, 0.717) is 11.1 Å². The Kier molecular flexibility index (Phi) is 3.94. The number of carbonyl (C=O) groups excluding carboxylic acids is 1. The summed E-state index contributed by atoms with van der Waals surface area (Å²) in [4.78, 5) is 21.5. The van der Waals surface area contributed by atoms with Crippen molar-refractivity contribution in [2.24, 2.45) is 5.92 Å². The highest BCUT2D eigenvalue weighted by Crippen LogP contribution is 2.20. The largest absolute Gasteiger partial charge is 0.343 e. The lowest BCUT2D eigenvalue weighted by Gasteiger charge is -2.31. The fourth-order valence-corrected chi connectivity index (χ4v) is 2.46. The normalized spacial score (nSPS) is 20.4. The molecule has 0 radical (unpaired) electrons. The molecule has 1 fully saturated rings. The van der Waals surface area contributed by atoms with E-state index in [9.17, 15) is 4.79 Å². The van der Waals surface area contributed by atoms with E-state index in [1.165, 1.54) is 6.20 Å². The van der Waals surface area contributed by atoms with Crippen LogP contribution in [0, 0.1) is 5.92 Å². The van der Waals surface area contributed by atoms with E-state index in [1.807, 2.05) is 4.90 Å². The standard InChI is InChI=1S/C12H16ClN3O/c1-9(17)16-4-2-3-10(8-16)5-11-6-14-7-12(13)15-11/h6-7,10H,2-5,8H2,1H3/t10-/m1/s1. The molecule has 4 nitrogen and oxygen atoms in total. The molecule has 1 saturated heterocycles. The molecule has 1 aliphatic heterocycles. The molecule has 0 aromatic carbocycles. The highest BCUT2D eigenvalue weighted by molar-refractivity contribution is 6.29. The lowest BCUT2D eigenvalue weighted by atomic mass is 9.93. The van der Waals surface area contributed by atoms with Crippen molar-refractivity contribution in [3.8, 4) is 0 Å². The number of hydrogen-bond acceptors (Lipinski definition) is 3. The molecule has 2 rings (SSSR count). The van der Waals surface area contributed by atoms with E-state index in [0.717, 1.165) is 38.0 Å². The molecule has 1 aromatic rings. The van der Waals surface area contributed by atoms with Crippen LogP contribution in [0.3, 0.4) is 0 Å². The number of hydrogen-bond donors (Lipinski definition) is 0. The minimum Gasteiger partial charge on any atom is -0.343 e. The summed E-state index contributed by atoms with van der Waals surface area (Å²) in [6.45, 7) is 3.33. The minimum absolute atomic E-state index is 0.159. The van der Waals surface area contributed by atoms with E-state index in [4.69, 9.17) is 11.6 Å². The van der Waals surface area contributed by atoms with Crippen molar-refractivity contribution in [2.45, 2.75) is 26.2 Å². The van der Waals surface area contributed by atoms with Gasteiger partial charge in [-0.3, -0.25) is 9.78 Å². The summed E-state index contributed by atoms with van der Waals surface area (Å²) in [5, 5.41) is 0.432. The lowest BCUT2D eigenvalue weighted by molar-refractivity contribution is -0.130. The molecule has 0 spiro atoms. The molecule has 0 N–H and O–H groups in total. The third-order valence-corrected chi connectivity index (χ3v) is 3.30. The Balaban J connectivity index is 1.97. The quantitative estimate of drug-likeness (QED) is 0.809. The average Bonchev–Trinajstić information content (AvgIpc) is 2.29. The molecule has 2 heterocycles. The highest BCUT2D eigenvalue weighted by atomic mass is 35.5. The van der Waals surface area contributed by atoms with Crippen molar-refractivity contribution in [1.29, 1.82) is 0 Å². The second-order valence-corrected chi connectivity index (χ2v) is 4.90. The van der Waals surface area contributed by atoms with Gasteiger partial charge in [0.1, 0.15) is 5.15 Å². The molecular weight excluding hydrogens is 238 g/mol. The number of nitrogens with zero attached hydrogens (tertiary/aromatic N) is 3. The van der Waals surface area contributed by atoms with Crippen LogP contribution in [0.15, 0.2) is 12.4 Å². The van der Waals surface area contributed by atoms with Crippen LogP contribution in [-0.4, -0.2) is 33.9 Å². The first-order valence-corrected chi connectivity index (χ1v) is 6.25. The van der Waals surface area contributed by atoms with Crippen molar-refractivity contribution in [2.75, 3.05) is 13.1 Å². The van der Waals surface area contributed by atoms with Gasteiger partial charge >= 0.3 is 0 Å². The fourth-order valence-electron chi connectivity index (χ4n) is 2.29. The van der Waals surface area contributed by atoms with Crippen LogP contribution in [0.25, 0.3) is 0 Å². The van der Waals surface area contributed by atoms with Crippen molar-refractivity contribution in [3.63, 3.8) is 0 Å². The Morgan fingerprint density at radius 2 is 2.41 bits per heavy atom. The molecular formula is C12H16ClN3O. The second kappa shape index (κ2) is 5.45. The van der Waals surface area contributed by atoms with Gasteiger partial charge in [0.2, 0.25) is 5.91 Å². The van der Waals surface area contributed by atoms with Crippen LogP contribution >= 0.6 is 11.6 Å². The van der Waals surface area contributed by atoms with Gasteiger partial charge in [0.05, 0.1) is 11.9 Å². The summed E-state index contributed by atoms with van der Waals surface area (Å²) < 4.78 is 0. The summed E-state index contributed by atoms with van der Waals surface area (Å²) in [5.41, 5.74) is 0.910. The van der Waals surface area contributed by atoms with Gasteiger partial charge in [-0.2, -0.15) is 0 Å². The van der Waals surface area contributed by atoms with Gasteiger partial charge in [-0.1, -0.05) is 11.6 Å². The average molecular weight is 254 g/mol. The Morgan fingerprint density at radius 1 is 1.59 bits per heavy atom. The number of carbonyl (C=O) groups is 1. The Hall–Kier alpha value is -1.16. The van der Waals surface area contributed by atoms with Crippen LogP contribution in [0.5, 0.6) is 0 Å². The number of rotatable bonds is 2. The van der Waals surface area contributed by atoms with Crippen LogP contribution in [0.4, 0.5) is 0 Å². The fraction of sp³-hybridized carbons (Fsp3) is 0.583. The molecule has 0 aliphatic carbocycles. The molecule has 1 aromatic heterocycles. The predicted octanol–water partition coefficient (Wildman–Crippen LogP) is 1.93. The first-order valence-electron chi connectivity index (χ1n) is 5.87. The monoisotopic (exact) mass is 253 g/mol. The topological polar surface area (TPSA) is 46.1 Å². The zero-order valence-electron chi connectivity index (χ0n) is 9.90. The molecule has 92 valence electrons. The first-order chi connectivity index (χ1) is 8.15. The van der Waals surface area contributed by atoms with E-state index in [1.54, 1.807) is 13.1 Å². The maximum atomic E-state index is 11.3. The Bertz CT molecular complexity index is 410. The molecule has 1 aliphatic rings. The van der Waals surface area contributed by atoms with Gasteiger partial charge in [-0.25, -0.2) is 4.98 Å². The number of likely N-dealkylation sites (tertiary alicyclic amines) is 1. The molecule has 0 bridgehead atoms. The summed E-state index contributed by atoms with van der Waals surface area (Å²) in [6, 6.07) is 0. The smallest absolute Gasteiger partial charge is 0.219 e. The number of halogens is 1. The van der Waals surface area contributed by atoms with E-state index in [-0.39, 0.29) is 5.91 Å². The molecule has 1 atom stereocenters. The van der Waals surface area contributed by atoms with Crippen LogP contribution < -0.4 is 0 Å². The predicted molar refractivity (Wildman–Crippen MR) is 65.7 cm³/mol. The van der Waals surface area contributed by atoms with Gasteiger partial charge in [0.25, 0.3) is 0 Å². The number of aromatic nitrogens is 2. The molecule has 5 heteroatoms. The van der Waals surface area contributed by atoms with E-state index >= 15 is 0 Å². The summed E-state index contributed by atoms with van der Waals surface area (Å²) in [6.07, 6.45) is 6.33. The molecule has 17 heavy (non-hydrogen) atoms. The van der Waals surface area contributed by atoms with Gasteiger partial charge in [-0.05, 0) is 25.2 Å². The molecule has 0 unspecified atom stereocenters. The van der Waals surface area contributed by atoms with E-state index < -0.39 is 0 Å². The molecule has 0 saturated carbocycles. The van der Waals surface area contributed by atoms with Crippen molar-refractivity contribution >= 4 is 17.5 Å². The number of piperidine rings is 1. The van der Waals surface area contributed by atoms with Crippen LogP contribution in [0.2, 0.25) is 5.15 Å². The number of amides is 1. The molecule has 1 amide bonds. The second-order valence-electron chi connectivity index (χ2n) is 4.51. The van der Waals surface area contributed by atoms with Gasteiger partial charge in [0.15, 0.2) is 0 Å².